The molecule has 140 valence electrons. The number of nitrogens with zero attached hydrogens (tertiary/aromatic N) is 3. The van der Waals surface area contributed by atoms with E-state index in [2.05, 4.69) is 34.3 Å². The molecule has 2 aromatic heterocycles. The van der Waals surface area contributed by atoms with Gasteiger partial charge in [-0.25, -0.2) is 15.0 Å². The van der Waals surface area contributed by atoms with Crippen LogP contribution in [0.25, 0.3) is 21.8 Å². The van der Waals surface area contributed by atoms with Crippen molar-refractivity contribution in [3.63, 3.8) is 0 Å². The van der Waals surface area contributed by atoms with Crippen molar-refractivity contribution in [2.45, 2.75) is 13.0 Å². The third-order valence-electron chi connectivity index (χ3n) is 4.46. The zero-order chi connectivity index (χ0) is 19.3. The van der Waals surface area contributed by atoms with Crippen LogP contribution in [0, 0.1) is 0 Å². The molecular formula is C22H20N4OS. The van der Waals surface area contributed by atoms with Crippen LogP contribution in [0.3, 0.4) is 0 Å². The van der Waals surface area contributed by atoms with Crippen LogP contribution < -0.4 is 10.1 Å². The normalized spacial score (nSPS) is 11.8. The highest BCUT2D eigenvalue weighted by Gasteiger charge is 2.14. The van der Waals surface area contributed by atoms with Crippen LogP contribution in [-0.2, 0) is 0 Å². The van der Waals surface area contributed by atoms with Crippen LogP contribution in [0.15, 0.2) is 72.4 Å². The zero-order valence-corrected chi connectivity index (χ0v) is 16.5. The molecule has 0 spiro atoms. The summed E-state index contributed by atoms with van der Waals surface area (Å²) < 4.78 is 5.24. The Morgan fingerprint density at radius 2 is 1.75 bits per heavy atom. The first-order valence-electron chi connectivity index (χ1n) is 8.97. The minimum absolute atomic E-state index is 0.110. The highest BCUT2D eigenvalue weighted by atomic mass is 32.1. The van der Waals surface area contributed by atoms with Crippen LogP contribution in [0.2, 0.25) is 0 Å². The van der Waals surface area contributed by atoms with Crippen molar-refractivity contribution in [2.24, 2.45) is 0 Å². The first-order valence-corrected chi connectivity index (χ1v) is 9.85. The smallest absolute Gasteiger partial charge is 0.223 e. The Balaban J connectivity index is 1.61. The Morgan fingerprint density at radius 1 is 0.964 bits per heavy atom. The molecule has 0 amide bonds. The number of methoxy groups -OCH3 is 1. The molecule has 4 rings (SSSR count). The number of nitrogens with one attached hydrogen (secondary N) is 1. The van der Waals surface area contributed by atoms with Gasteiger partial charge in [-0.3, -0.25) is 0 Å². The lowest BCUT2D eigenvalue weighted by Gasteiger charge is -2.14. The summed E-state index contributed by atoms with van der Waals surface area (Å²) in [7, 11) is 1.66. The number of rotatable bonds is 6. The molecule has 0 aliphatic carbocycles. The zero-order valence-electron chi connectivity index (χ0n) is 15.7. The van der Waals surface area contributed by atoms with E-state index < -0.39 is 0 Å². The second kappa shape index (κ2) is 8.19. The summed E-state index contributed by atoms with van der Waals surface area (Å²) in [4.78, 5) is 14.7. The van der Waals surface area contributed by atoms with Crippen LogP contribution in [0.5, 0.6) is 5.75 Å². The molecule has 0 saturated carbocycles. The molecule has 5 nitrogen and oxygen atoms in total. The first kappa shape index (κ1) is 18.1. The van der Waals surface area contributed by atoms with Crippen LogP contribution >= 0.6 is 11.3 Å². The van der Waals surface area contributed by atoms with Crippen molar-refractivity contribution >= 4 is 17.3 Å². The Kier molecular flexibility index (Phi) is 5.30. The van der Waals surface area contributed by atoms with Gasteiger partial charge in [-0.05, 0) is 42.8 Å². The quantitative estimate of drug-likeness (QED) is 0.476. The van der Waals surface area contributed by atoms with E-state index in [-0.39, 0.29) is 6.04 Å². The number of anilines is 1. The SMILES string of the molecule is COc1ccc(-c2ncsc2-c2ccnc(N[C@@H](C)c3ccccc3)n2)cc1. The average Bonchev–Trinajstić information content (AvgIpc) is 3.24. The van der Waals surface area contributed by atoms with E-state index in [1.54, 1.807) is 24.6 Å². The van der Waals surface area contributed by atoms with Gasteiger partial charge in [-0.1, -0.05) is 30.3 Å². The lowest BCUT2D eigenvalue weighted by molar-refractivity contribution is 0.415. The molecule has 28 heavy (non-hydrogen) atoms. The summed E-state index contributed by atoms with van der Waals surface area (Å²) in [5, 5.41) is 3.38. The highest BCUT2D eigenvalue weighted by molar-refractivity contribution is 7.13. The van der Waals surface area contributed by atoms with Gasteiger partial charge in [0.15, 0.2) is 0 Å². The van der Waals surface area contributed by atoms with Gasteiger partial charge < -0.3 is 10.1 Å². The van der Waals surface area contributed by atoms with E-state index in [4.69, 9.17) is 9.72 Å². The van der Waals surface area contributed by atoms with E-state index in [0.717, 1.165) is 27.6 Å². The van der Waals surface area contributed by atoms with E-state index in [9.17, 15) is 0 Å². The van der Waals surface area contributed by atoms with Crippen LogP contribution in [-0.4, -0.2) is 22.1 Å². The molecule has 1 atom stereocenters. The molecule has 0 aliphatic heterocycles. The molecule has 2 heterocycles. The van der Waals surface area contributed by atoms with E-state index in [0.29, 0.717) is 5.95 Å². The van der Waals surface area contributed by atoms with Crippen molar-refractivity contribution in [3.05, 3.63) is 77.9 Å². The molecule has 0 aliphatic rings. The van der Waals surface area contributed by atoms with Crippen molar-refractivity contribution in [2.75, 3.05) is 12.4 Å². The maximum atomic E-state index is 5.24. The summed E-state index contributed by atoms with van der Waals surface area (Å²) in [5.41, 5.74) is 5.83. The molecule has 0 fully saturated rings. The van der Waals surface area contributed by atoms with E-state index >= 15 is 0 Å². The van der Waals surface area contributed by atoms with E-state index in [1.165, 1.54) is 5.56 Å². The number of ether oxygens (including phenoxy) is 1. The fourth-order valence-electron chi connectivity index (χ4n) is 2.96. The molecule has 1 N–H and O–H groups in total. The van der Waals surface area contributed by atoms with Crippen molar-refractivity contribution in [1.29, 1.82) is 0 Å². The molecule has 2 aromatic carbocycles. The fourth-order valence-corrected chi connectivity index (χ4v) is 3.74. The summed E-state index contributed by atoms with van der Waals surface area (Å²) in [6, 6.07) is 20.2. The fraction of sp³-hybridized carbons (Fsp3) is 0.136. The van der Waals surface area contributed by atoms with Gasteiger partial charge in [0.1, 0.15) is 5.75 Å². The van der Waals surface area contributed by atoms with Crippen LogP contribution in [0.1, 0.15) is 18.5 Å². The molecule has 0 bridgehead atoms. The molecule has 0 radical (unpaired) electrons. The number of thiazole rings is 1. The number of hydrogen-bond acceptors (Lipinski definition) is 6. The second-order valence-corrected chi connectivity index (χ2v) is 7.16. The lowest BCUT2D eigenvalue weighted by atomic mass is 10.1. The Bertz CT molecular complexity index is 1050. The number of hydrogen-bond donors (Lipinski definition) is 1. The maximum Gasteiger partial charge on any atom is 0.223 e. The maximum absolute atomic E-state index is 5.24. The topological polar surface area (TPSA) is 59.9 Å². The molecule has 6 heteroatoms. The predicted molar refractivity (Wildman–Crippen MR) is 114 cm³/mol. The van der Waals surface area contributed by atoms with E-state index in [1.807, 2.05) is 54.0 Å². The average molecular weight is 388 g/mol. The van der Waals surface area contributed by atoms with Gasteiger partial charge in [-0.2, -0.15) is 0 Å². The molecular weight excluding hydrogens is 368 g/mol. The molecule has 0 unspecified atom stereocenters. The van der Waals surface area contributed by atoms with Crippen LogP contribution in [0.4, 0.5) is 5.95 Å². The Labute approximate surface area is 168 Å². The minimum Gasteiger partial charge on any atom is -0.497 e. The van der Waals surface area contributed by atoms with Gasteiger partial charge in [0.2, 0.25) is 5.95 Å². The van der Waals surface area contributed by atoms with Gasteiger partial charge >= 0.3 is 0 Å². The first-order chi connectivity index (χ1) is 13.7. The third kappa shape index (κ3) is 3.87. The second-order valence-electron chi connectivity index (χ2n) is 6.30. The predicted octanol–water partition coefficient (Wildman–Crippen LogP) is 5.45. The lowest BCUT2D eigenvalue weighted by Crippen LogP contribution is -2.09. The molecule has 0 saturated heterocycles. The van der Waals surface area contributed by atoms with Crippen molar-refractivity contribution in [3.8, 4) is 27.6 Å². The van der Waals surface area contributed by atoms with Crippen molar-refractivity contribution < 1.29 is 4.74 Å². The highest BCUT2D eigenvalue weighted by Crippen LogP contribution is 2.34. The Hall–Kier alpha value is -3.25. The van der Waals surface area contributed by atoms with Crippen molar-refractivity contribution in [1.82, 2.24) is 15.0 Å². The van der Waals surface area contributed by atoms with Gasteiger partial charge in [0, 0.05) is 11.8 Å². The van der Waals surface area contributed by atoms with Gasteiger partial charge in [0.05, 0.1) is 34.9 Å². The summed E-state index contributed by atoms with van der Waals surface area (Å²) in [6.07, 6.45) is 1.78. The molecule has 4 aromatic rings. The summed E-state index contributed by atoms with van der Waals surface area (Å²) in [5.74, 6) is 1.42. The third-order valence-corrected chi connectivity index (χ3v) is 5.31. The largest absolute Gasteiger partial charge is 0.497 e. The summed E-state index contributed by atoms with van der Waals surface area (Å²) >= 11 is 1.57. The minimum atomic E-state index is 0.110. The monoisotopic (exact) mass is 388 g/mol. The number of benzene rings is 2. The summed E-state index contributed by atoms with van der Waals surface area (Å²) in [6.45, 7) is 2.10. The van der Waals surface area contributed by atoms with Gasteiger partial charge in [0.25, 0.3) is 0 Å². The standard InChI is InChI=1S/C22H20N4OS/c1-15(16-6-4-3-5-7-16)25-22-23-13-12-19(26-22)21-20(24-14-28-21)17-8-10-18(27-2)11-9-17/h3-15H,1-2H3,(H,23,25,26)/t15-/m0/s1. The number of aromatic nitrogens is 3. The Morgan fingerprint density at radius 3 is 2.50 bits per heavy atom. The van der Waals surface area contributed by atoms with Gasteiger partial charge in [-0.15, -0.1) is 11.3 Å².